The lowest BCUT2D eigenvalue weighted by Gasteiger charge is -2.25. The lowest BCUT2D eigenvalue weighted by Crippen LogP contribution is -2.35. The molecule has 1 saturated carbocycles. The number of amides is 1. The number of ether oxygens (including phenoxy) is 1. The van der Waals surface area contributed by atoms with Gasteiger partial charge in [0.2, 0.25) is 0 Å². The highest BCUT2D eigenvalue weighted by molar-refractivity contribution is 5.82. The molecule has 2 aliphatic rings. The number of benzene rings is 1. The second-order valence-corrected chi connectivity index (χ2v) is 5.57. The van der Waals surface area contributed by atoms with E-state index in [4.69, 9.17) is 4.74 Å². The van der Waals surface area contributed by atoms with E-state index in [1.807, 2.05) is 18.2 Å². The largest absolute Gasteiger partial charge is 0.363 e. The second-order valence-electron chi connectivity index (χ2n) is 5.57. The first kappa shape index (κ1) is 13.6. The molecule has 1 amide bonds. The summed E-state index contributed by atoms with van der Waals surface area (Å²) in [5.74, 6) is -0.0106. The van der Waals surface area contributed by atoms with Gasteiger partial charge in [-0.2, -0.15) is 0 Å². The Bertz CT molecular complexity index is 471. The summed E-state index contributed by atoms with van der Waals surface area (Å²) < 4.78 is 5.64. The highest BCUT2D eigenvalue weighted by Crippen LogP contribution is 2.26. The molecule has 1 aliphatic carbocycles. The quantitative estimate of drug-likeness (QED) is 0.774. The third kappa shape index (κ3) is 3.38. The Morgan fingerprint density at radius 1 is 1.25 bits per heavy atom. The number of nitrogens with one attached hydrogen (secondary N) is 2. The topological polar surface area (TPSA) is 50.4 Å². The number of carbonyl (C=O) groups is 1. The van der Waals surface area contributed by atoms with Crippen LogP contribution in [0.5, 0.6) is 0 Å². The van der Waals surface area contributed by atoms with Crippen molar-refractivity contribution in [3.8, 4) is 0 Å². The minimum atomic E-state index is -0.434. The molecule has 2 N–H and O–H groups in total. The van der Waals surface area contributed by atoms with Gasteiger partial charge in [-0.1, -0.05) is 24.3 Å². The summed E-state index contributed by atoms with van der Waals surface area (Å²) in [6.45, 7) is 2.31. The lowest BCUT2D eigenvalue weighted by molar-refractivity contribution is -0.134. The van der Waals surface area contributed by atoms with Gasteiger partial charge in [0.25, 0.3) is 5.91 Å². The van der Waals surface area contributed by atoms with E-state index in [-0.39, 0.29) is 5.91 Å². The van der Waals surface area contributed by atoms with Crippen molar-refractivity contribution in [1.29, 1.82) is 0 Å². The molecular weight excluding hydrogens is 252 g/mol. The molecule has 1 unspecified atom stereocenters. The van der Waals surface area contributed by atoms with Gasteiger partial charge in [0.1, 0.15) is 0 Å². The van der Waals surface area contributed by atoms with Gasteiger partial charge in [-0.15, -0.1) is 0 Å². The normalized spacial score (nSPS) is 21.3. The van der Waals surface area contributed by atoms with E-state index in [1.54, 1.807) is 0 Å². The molecule has 1 atom stereocenters. The molecule has 108 valence electrons. The van der Waals surface area contributed by atoms with Crippen LogP contribution in [0, 0.1) is 0 Å². The van der Waals surface area contributed by atoms with Gasteiger partial charge in [-0.25, -0.2) is 0 Å². The molecule has 0 aromatic heterocycles. The van der Waals surface area contributed by atoms with Crippen LogP contribution in [0.1, 0.15) is 36.5 Å². The lowest BCUT2D eigenvalue weighted by atomic mass is 9.97. The third-order valence-electron chi connectivity index (χ3n) is 3.89. The summed E-state index contributed by atoms with van der Waals surface area (Å²) in [6.07, 6.45) is 4.04. The van der Waals surface area contributed by atoms with Gasteiger partial charge in [-0.3, -0.25) is 4.79 Å². The van der Waals surface area contributed by atoms with Gasteiger partial charge >= 0.3 is 0 Å². The average molecular weight is 274 g/mol. The van der Waals surface area contributed by atoms with Gasteiger partial charge < -0.3 is 15.4 Å². The van der Waals surface area contributed by atoms with Crippen molar-refractivity contribution in [3.63, 3.8) is 0 Å². The molecule has 0 radical (unpaired) electrons. The minimum Gasteiger partial charge on any atom is -0.363 e. The summed E-state index contributed by atoms with van der Waals surface area (Å²) in [5, 5.41) is 6.43. The van der Waals surface area contributed by atoms with Crippen LogP contribution in [0.25, 0.3) is 0 Å². The van der Waals surface area contributed by atoms with Crippen LogP contribution in [-0.2, 0) is 16.0 Å². The van der Waals surface area contributed by atoms with Crippen LogP contribution in [-0.4, -0.2) is 31.6 Å². The SMILES string of the molecule is O=C(NCCCNC1CC1)C1OCCc2ccccc21. The fourth-order valence-electron chi connectivity index (χ4n) is 2.60. The molecule has 1 heterocycles. The molecule has 20 heavy (non-hydrogen) atoms. The molecule has 4 nitrogen and oxygen atoms in total. The second kappa shape index (κ2) is 6.37. The van der Waals surface area contributed by atoms with Crippen molar-refractivity contribution in [1.82, 2.24) is 10.6 Å². The maximum absolute atomic E-state index is 12.2. The van der Waals surface area contributed by atoms with Gasteiger partial charge in [0, 0.05) is 12.6 Å². The Morgan fingerprint density at radius 2 is 2.10 bits per heavy atom. The number of carbonyl (C=O) groups excluding carboxylic acids is 1. The smallest absolute Gasteiger partial charge is 0.253 e. The maximum Gasteiger partial charge on any atom is 0.253 e. The van der Waals surface area contributed by atoms with Gasteiger partial charge in [0.15, 0.2) is 6.10 Å². The molecule has 0 bridgehead atoms. The van der Waals surface area contributed by atoms with Gasteiger partial charge in [0.05, 0.1) is 6.61 Å². The van der Waals surface area contributed by atoms with E-state index in [0.717, 1.165) is 31.0 Å². The first-order valence-corrected chi connectivity index (χ1v) is 7.55. The zero-order valence-corrected chi connectivity index (χ0v) is 11.7. The maximum atomic E-state index is 12.2. The third-order valence-corrected chi connectivity index (χ3v) is 3.89. The van der Waals surface area contributed by atoms with Crippen LogP contribution < -0.4 is 10.6 Å². The van der Waals surface area contributed by atoms with Crippen LogP contribution in [0.2, 0.25) is 0 Å². The fraction of sp³-hybridized carbons (Fsp3) is 0.562. The standard InChI is InChI=1S/C16H22N2O2/c19-16(18-10-3-9-17-13-6-7-13)15-14-5-2-1-4-12(14)8-11-20-15/h1-2,4-5,13,15,17H,3,6-11H2,(H,18,19). The van der Waals surface area contributed by atoms with Crippen LogP contribution >= 0.6 is 0 Å². The van der Waals surface area contributed by atoms with E-state index >= 15 is 0 Å². The summed E-state index contributed by atoms with van der Waals surface area (Å²) >= 11 is 0. The van der Waals surface area contributed by atoms with Crippen molar-refractivity contribution in [3.05, 3.63) is 35.4 Å². The Kier molecular flexibility index (Phi) is 4.33. The molecule has 1 aliphatic heterocycles. The predicted molar refractivity (Wildman–Crippen MR) is 77.5 cm³/mol. The zero-order chi connectivity index (χ0) is 13.8. The van der Waals surface area contributed by atoms with E-state index in [9.17, 15) is 4.79 Å². The van der Waals surface area contributed by atoms with E-state index in [0.29, 0.717) is 13.2 Å². The number of hydrogen-bond donors (Lipinski definition) is 2. The van der Waals surface area contributed by atoms with Crippen LogP contribution in [0.3, 0.4) is 0 Å². The Morgan fingerprint density at radius 3 is 2.95 bits per heavy atom. The first-order chi connectivity index (χ1) is 9.84. The molecule has 4 heteroatoms. The molecular formula is C16H22N2O2. The minimum absolute atomic E-state index is 0.0106. The van der Waals surface area contributed by atoms with Crippen LogP contribution in [0.4, 0.5) is 0 Å². The van der Waals surface area contributed by atoms with Gasteiger partial charge in [-0.05, 0) is 43.4 Å². The predicted octanol–water partition coefficient (Wildman–Crippen LogP) is 1.56. The average Bonchev–Trinajstić information content (AvgIpc) is 3.30. The summed E-state index contributed by atoms with van der Waals surface area (Å²) in [6, 6.07) is 8.79. The Hall–Kier alpha value is -1.39. The molecule has 1 aromatic carbocycles. The van der Waals surface area contributed by atoms with Crippen molar-refractivity contribution in [2.45, 2.75) is 37.8 Å². The van der Waals surface area contributed by atoms with Crippen molar-refractivity contribution >= 4 is 5.91 Å². The number of fused-ring (bicyclic) bond motifs is 1. The molecule has 0 saturated heterocycles. The van der Waals surface area contributed by atoms with Crippen molar-refractivity contribution in [2.75, 3.05) is 19.7 Å². The number of hydrogen-bond acceptors (Lipinski definition) is 3. The molecule has 3 rings (SSSR count). The van der Waals surface area contributed by atoms with Crippen molar-refractivity contribution < 1.29 is 9.53 Å². The van der Waals surface area contributed by atoms with Crippen molar-refractivity contribution in [2.24, 2.45) is 0 Å². The molecule has 0 spiro atoms. The summed E-state index contributed by atoms with van der Waals surface area (Å²) in [4.78, 5) is 12.2. The highest BCUT2D eigenvalue weighted by Gasteiger charge is 2.26. The van der Waals surface area contributed by atoms with Crippen LogP contribution in [0.15, 0.2) is 24.3 Å². The first-order valence-electron chi connectivity index (χ1n) is 7.55. The Balaban J connectivity index is 1.47. The molecule has 1 aromatic rings. The number of rotatable bonds is 6. The summed E-state index contributed by atoms with van der Waals surface area (Å²) in [5.41, 5.74) is 2.25. The van der Waals surface area contributed by atoms with E-state index < -0.39 is 6.10 Å². The highest BCUT2D eigenvalue weighted by atomic mass is 16.5. The zero-order valence-electron chi connectivity index (χ0n) is 11.7. The Labute approximate surface area is 119 Å². The molecule has 1 fully saturated rings. The fourth-order valence-corrected chi connectivity index (χ4v) is 2.60. The van der Waals surface area contributed by atoms with E-state index in [1.165, 1.54) is 18.4 Å². The summed E-state index contributed by atoms with van der Waals surface area (Å²) in [7, 11) is 0. The monoisotopic (exact) mass is 274 g/mol. The van der Waals surface area contributed by atoms with E-state index in [2.05, 4.69) is 16.7 Å².